The number of nitrogens with one attached hydrogen (secondary N) is 2. The first-order valence-electron chi connectivity index (χ1n) is 6.80. The fourth-order valence-electron chi connectivity index (χ4n) is 1.99. The first-order valence-corrected chi connectivity index (χ1v) is 6.80. The fourth-order valence-corrected chi connectivity index (χ4v) is 1.99. The van der Waals surface area contributed by atoms with Crippen LogP contribution in [0.3, 0.4) is 0 Å². The lowest BCUT2D eigenvalue weighted by atomic mass is 10.1. The molecule has 0 saturated carbocycles. The van der Waals surface area contributed by atoms with Crippen molar-refractivity contribution in [3.05, 3.63) is 65.2 Å². The summed E-state index contributed by atoms with van der Waals surface area (Å²) in [6, 6.07) is 5.36. The number of anilines is 1. The number of hydrogen-bond acceptors (Lipinski definition) is 2. The first-order chi connectivity index (χ1) is 10.9. The number of carbonyl (C=O) groups excluding carboxylic acids is 1. The van der Waals surface area contributed by atoms with Gasteiger partial charge in [0.25, 0.3) is 0 Å². The van der Waals surface area contributed by atoms with Crippen LogP contribution >= 0.6 is 0 Å². The molecule has 0 heterocycles. The lowest BCUT2D eigenvalue weighted by Crippen LogP contribution is -2.30. The zero-order valence-corrected chi connectivity index (χ0v) is 12.2. The zero-order valence-electron chi connectivity index (χ0n) is 12.2. The van der Waals surface area contributed by atoms with Crippen molar-refractivity contribution in [3.63, 3.8) is 0 Å². The van der Waals surface area contributed by atoms with Crippen molar-refractivity contribution in [1.82, 2.24) is 5.32 Å². The van der Waals surface area contributed by atoms with Crippen LogP contribution in [-0.4, -0.2) is 12.5 Å². The normalized spacial score (nSPS) is 12.0. The van der Waals surface area contributed by atoms with Gasteiger partial charge in [-0.2, -0.15) is 0 Å². The molecule has 1 amide bonds. The molecule has 0 aromatic heterocycles. The predicted molar refractivity (Wildman–Crippen MR) is 77.8 cm³/mol. The second kappa shape index (κ2) is 7.23. The lowest BCUT2D eigenvalue weighted by Gasteiger charge is -2.15. The highest BCUT2D eigenvalue weighted by atomic mass is 19.1. The van der Waals surface area contributed by atoms with E-state index in [0.29, 0.717) is 6.07 Å². The Morgan fingerprint density at radius 3 is 2.22 bits per heavy atom. The van der Waals surface area contributed by atoms with Crippen LogP contribution in [0.1, 0.15) is 18.5 Å². The third-order valence-corrected chi connectivity index (χ3v) is 3.20. The summed E-state index contributed by atoms with van der Waals surface area (Å²) in [4.78, 5) is 11.7. The van der Waals surface area contributed by atoms with Crippen LogP contribution in [0.2, 0.25) is 0 Å². The second-order valence-corrected chi connectivity index (χ2v) is 4.94. The van der Waals surface area contributed by atoms with Crippen LogP contribution in [-0.2, 0) is 4.79 Å². The summed E-state index contributed by atoms with van der Waals surface area (Å²) in [5, 5.41) is 5.01. The van der Waals surface area contributed by atoms with E-state index in [1.54, 1.807) is 6.92 Å². The van der Waals surface area contributed by atoms with Crippen molar-refractivity contribution in [2.45, 2.75) is 13.0 Å². The van der Waals surface area contributed by atoms with E-state index < -0.39 is 35.2 Å². The Morgan fingerprint density at radius 2 is 1.61 bits per heavy atom. The van der Waals surface area contributed by atoms with E-state index in [1.807, 2.05) is 0 Å². The standard InChI is InChI=1S/C16H14F4N2O/c1-9(12-4-2-10(17)6-13(12)19)21-8-16(23)22-15-5-3-11(18)7-14(15)20/h2-7,9,21H,8H2,1H3,(H,22,23)/t9-/m1/s1. The average molecular weight is 326 g/mol. The Kier molecular flexibility index (Phi) is 5.33. The van der Waals surface area contributed by atoms with Gasteiger partial charge in [-0.15, -0.1) is 0 Å². The van der Waals surface area contributed by atoms with Crippen molar-refractivity contribution in [2.75, 3.05) is 11.9 Å². The van der Waals surface area contributed by atoms with Gasteiger partial charge in [0.2, 0.25) is 5.91 Å². The molecule has 122 valence electrons. The monoisotopic (exact) mass is 326 g/mol. The van der Waals surface area contributed by atoms with E-state index in [0.717, 1.165) is 24.3 Å². The van der Waals surface area contributed by atoms with E-state index in [1.165, 1.54) is 6.07 Å². The maximum Gasteiger partial charge on any atom is 0.238 e. The molecule has 0 radical (unpaired) electrons. The summed E-state index contributed by atoms with van der Waals surface area (Å²) in [6.07, 6.45) is 0. The number of carbonyl (C=O) groups is 1. The van der Waals surface area contributed by atoms with Crippen LogP contribution in [0.15, 0.2) is 36.4 Å². The van der Waals surface area contributed by atoms with Gasteiger partial charge in [0, 0.05) is 23.7 Å². The summed E-state index contributed by atoms with van der Waals surface area (Å²) >= 11 is 0. The van der Waals surface area contributed by atoms with Crippen LogP contribution in [0.5, 0.6) is 0 Å². The molecule has 2 aromatic carbocycles. The molecule has 3 nitrogen and oxygen atoms in total. The van der Waals surface area contributed by atoms with Gasteiger partial charge in [-0.05, 0) is 25.1 Å². The van der Waals surface area contributed by atoms with Gasteiger partial charge in [-0.25, -0.2) is 17.6 Å². The van der Waals surface area contributed by atoms with E-state index >= 15 is 0 Å². The molecule has 7 heteroatoms. The van der Waals surface area contributed by atoms with E-state index in [2.05, 4.69) is 10.6 Å². The highest BCUT2D eigenvalue weighted by Gasteiger charge is 2.13. The number of benzene rings is 2. The second-order valence-electron chi connectivity index (χ2n) is 4.94. The van der Waals surface area contributed by atoms with Crippen molar-refractivity contribution in [3.8, 4) is 0 Å². The average Bonchev–Trinajstić information content (AvgIpc) is 2.48. The molecule has 0 aliphatic carbocycles. The molecule has 0 spiro atoms. The smallest absolute Gasteiger partial charge is 0.238 e. The highest BCUT2D eigenvalue weighted by Crippen LogP contribution is 2.18. The summed E-state index contributed by atoms with van der Waals surface area (Å²) in [5.41, 5.74) is 0.0472. The third-order valence-electron chi connectivity index (χ3n) is 3.20. The Hall–Kier alpha value is -2.41. The van der Waals surface area contributed by atoms with Crippen LogP contribution in [0.25, 0.3) is 0 Å². The number of hydrogen-bond donors (Lipinski definition) is 2. The SMILES string of the molecule is C[C@@H](NCC(=O)Nc1ccc(F)cc1F)c1ccc(F)cc1F. The highest BCUT2D eigenvalue weighted by molar-refractivity contribution is 5.92. The Balaban J connectivity index is 1.93. The summed E-state index contributed by atoms with van der Waals surface area (Å²) < 4.78 is 52.6. The van der Waals surface area contributed by atoms with Crippen molar-refractivity contribution >= 4 is 11.6 Å². The van der Waals surface area contributed by atoms with E-state index in [-0.39, 0.29) is 17.8 Å². The molecule has 1 atom stereocenters. The van der Waals surface area contributed by atoms with Crippen LogP contribution < -0.4 is 10.6 Å². The minimum atomic E-state index is -0.893. The molecule has 0 saturated heterocycles. The lowest BCUT2D eigenvalue weighted by molar-refractivity contribution is -0.115. The molecular weight excluding hydrogens is 312 g/mol. The molecule has 2 N–H and O–H groups in total. The minimum absolute atomic E-state index is 0.154. The molecule has 23 heavy (non-hydrogen) atoms. The quantitative estimate of drug-likeness (QED) is 0.825. The van der Waals surface area contributed by atoms with Gasteiger partial charge in [-0.3, -0.25) is 4.79 Å². The molecule has 0 unspecified atom stereocenters. The molecule has 0 aliphatic rings. The molecule has 2 aromatic rings. The Morgan fingerprint density at radius 1 is 1.00 bits per heavy atom. The number of amides is 1. The van der Waals surface area contributed by atoms with E-state index in [4.69, 9.17) is 0 Å². The minimum Gasteiger partial charge on any atom is -0.322 e. The first kappa shape index (κ1) is 17.0. The van der Waals surface area contributed by atoms with Crippen molar-refractivity contribution in [2.24, 2.45) is 0 Å². The van der Waals surface area contributed by atoms with Crippen LogP contribution in [0, 0.1) is 23.3 Å². The Labute approximate surface area is 130 Å². The van der Waals surface area contributed by atoms with Gasteiger partial charge in [0.15, 0.2) is 0 Å². The predicted octanol–water partition coefficient (Wildman–Crippen LogP) is 3.53. The molecular formula is C16H14F4N2O. The molecule has 0 aliphatic heterocycles. The third kappa shape index (κ3) is 4.53. The van der Waals surface area contributed by atoms with Gasteiger partial charge >= 0.3 is 0 Å². The van der Waals surface area contributed by atoms with Gasteiger partial charge in [-0.1, -0.05) is 6.07 Å². The maximum absolute atomic E-state index is 13.6. The number of halogens is 4. The summed E-state index contributed by atoms with van der Waals surface area (Å²) in [5.74, 6) is -3.64. The molecule has 0 fully saturated rings. The van der Waals surface area contributed by atoms with Gasteiger partial charge in [0.05, 0.1) is 12.2 Å². The van der Waals surface area contributed by atoms with Gasteiger partial charge in [0.1, 0.15) is 23.3 Å². The molecule has 2 rings (SSSR count). The number of rotatable bonds is 5. The van der Waals surface area contributed by atoms with Gasteiger partial charge < -0.3 is 10.6 Å². The summed E-state index contributed by atoms with van der Waals surface area (Å²) in [7, 11) is 0. The zero-order chi connectivity index (χ0) is 17.0. The van der Waals surface area contributed by atoms with E-state index in [9.17, 15) is 22.4 Å². The van der Waals surface area contributed by atoms with Crippen LogP contribution in [0.4, 0.5) is 23.2 Å². The largest absolute Gasteiger partial charge is 0.322 e. The Bertz CT molecular complexity index is 721. The topological polar surface area (TPSA) is 41.1 Å². The van der Waals surface area contributed by atoms with Crippen molar-refractivity contribution < 1.29 is 22.4 Å². The summed E-state index contributed by atoms with van der Waals surface area (Å²) in [6.45, 7) is 1.37. The fraction of sp³-hybridized carbons (Fsp3) is 0.188. The molecule has 0 bridgehead atoms. The van der Waals surface area contributed by atoms with Crippen molar-refractivity contribution in [1.29, 1.82) is 0 Å². The maximum atomic E-state index is 13.6.